The van der Waals surface area contributed by atoms with E-state index in [9.17, 15) is 15.0 Å². The normalized spacial score (nSPS) is 11.4. The summed E-state index contributed by atoms with van der Waals surface area (Å²) in [5, 5.41) is 26.5. The minimum atomic E-state index is -2.06. The van der Waals surface area contributed by atoms with Gasteiger partial charge in [-0.15, -0.1) is 0 Å². The van der Waals surface area contributed by atoms with Gasteiger partial charge in [-0.05, 0) is 49.1 Å². The Balaban J connectivity index is 1.54. The zero-order chi connectivity index (χ0) is 20.4. The molecule has 0 aliphatic carbocycles. The molecule has 152 valence electrons. The highest BCUT2D eigenvalue weighted by Gasteiger charge is 2.24. The van der Waals surface area contributed by atoms with Crippen LogP contribution in [0.4, 0.5) is 0 Å². The van der Waals surface area contributed by atoms with Gasteiger partial charge < -0.3 is 15.5 Å². The van der Waals surface area contributed by atoms with E-state index in [4.69, 9.17) is 11.6 Å². The summed E-state index contributed by atoms with van der Waals surface area (Å²) in [5.74, 6) is -2.02. The first-order valence-electron chi connectivity index (χ1n) is 9.34. The molecule has 7 heteroatoms. The predicted molar refractivity (Wildman–Crippen MR) is 115 cm³/mol. The summed E-state index contributed by atoms with van der Waals surface area (Å²) in [6.07, 6.45) is 3.58. The first kappa shape index (κ1) is 22.8. The average Bonchev–Trinajstić information content (AvgIpc) is 2.66. The molecule has 0 aliphatic rings. The zero-order valence-corrected chi connectivity index (χ0v) is 18.0. The summed E-state index contributed by atoms with van der Waals surface area (Å²) in [7, 11) is 0. The van der Waals surface area contributed by atoms with Crippen LogP contribution >= 0.6 is 27.5 Å². The molecule has 0 atom stereocenters. The summed E-state index contributed by atoms with van der Waals surface area (Å²) in [5.41, 5.74) is 1.52. The molecular weight excluding hydrogens is 444 g/mol. The molecule has 28 heavy (non-hydrogen) atoms. The maximum Gasteiger partial charge on any atom is 0.250 e. The lowest BCUT2D eigenvalue weighted by molar-refractivity contribution is -0.194. The number of nitrogens with one attached hydrogen (secondary N) is 2. The van der Waals surface area contributed by atoms with Crippen molar-refractivity contribution in [1.29, 1.82) is 0 Å². The highest BCUT2D eigenvalue weighted by Crippen LogP contribution is 2.18. The average molecular weight is 470 g/mol. The van der Waals surface area contributed by atoms with Crippen LogP contribution in [0.2, 0.25) is 5.02 Å². The molecular formula is C21H26BrClN2O3. The smallest absolute Gasteiger partial charge is 0.250 e. The first-order valence-corrected chi connectivity index (χ1v) is 10.5. The standard InChI is InChI=1S/C21H26BrClN2O3/c22-18-9-7-17(8-10-18)21(27,28)25-14-3-1-2-4-20(26)24-15-13-16-5-11-19(23)12-6-16/h5-12,25,27-28H,1-4,13-15H2,(H,24,26). The summed E-state index contributed by atoms with van der Waals surface area (Å²) in [4.78, 5) is 11.9. The number of hydrogen-bond acceptors (Lipinski definition) is 4. The van der Waals surface area contributed by atoms with Gasteiger partial charge in [0.05, 0.1) is 0 Å². The van der Waals surface area contributed by atoms with Crippen LogP contribution in [0.1, 0.15) is 36.8 Å². The van der Waals surface area contributed by atoms with Crippen LogP contribution in [0.3, 0.4) is 0 Å². The molecule has 0 radical (unpaired) electrons. The minimum Gasteiger partial charge on any atom is -0.356 e. The Morgan fingerprint density at radius 2 is 1.64 bits per heavy atom. The van der Waals surface area contributed by atoms with Crippen molar-refractivity contribution in [3.05, 3.63) is 69.2 Å². The number of carbonyl (C=O) groups is 1. The lowest BCUT2D eigenvalue weighted by atomic mass is 10.1. The van der Waals surface area contributed by atoms with Crippen molar-refractivity contribution in [2.45, 2.75) is 38.0 Å². The third kappa shape index (κ3) is 8.29. The largest absolute Gasteiger partial charge is 0.356 e. The Morgan fingerprint density at radius 1 is 0.964 bits per heavy atom. The summed E-state index contributed by atoms with van der Waals surface area (Å²) >= 11 is 9.16. The number of aliphatic hydroxyl groups is 2. The van der Waals surface area contributed by atoms with Gasteiger partial charge >= 0.3 is 0 Å². The second kappa shape index (κ2) is 11.5. The number of benzene rings is 2. The molecule has 0 bridgehead atoms. The van der Waals surface area contributed by atoms with E-state index < -0.39 is 5.91 Å². The van der Waals surface area contributed by atoms with Gasteiger partial charge in [0.2, 0.25) is 5.91 Å². The van der Waals surface area contributed by atoms with Gasteiger partial charge in [0.15, 0.2) is 0 Å². The lowest BCUT2D eigenvalue weighted by Gasteiger charge is -2.23. The van der Waals surface area contributed by atoms with Gasteiger partial charge in [0, 0.05) is 34.6 Å². The van der Waals surface area contributed by atoms with E-state index in [2.05, 4.69) is 26.6 Å². The van der Waals surface area contributed by atoms with Gasteiger partial charge in [0.25, 0.3) is 5.91 Å². The molecule has 0 fully saturated rings. The van der Waals surface area contributed by atoms with Crippen LogP contribution < -0.4 is 10.6 Å². The predicted octanol–water partition coefficient (Wildman–Crippen LogP) is 3.71. The second-order valence-electron chi connectivity index (χ2n) is 6.64. The van der Waals surface area contributed by atoms with Crippen molar-refractivity contribution >= 4 is 33.4 Å². The molecule has 2 aromatic rings. The van der Waals surface area contributed by atoms with Crippen molar-refractivity contribution < 1.29 is 15.0 Å². The van der Waals surface area contributed by atoms with E-state index >= 15 is 0 Å². The second-order valence-corrected chi connectivity index (χ2v) is 8.00. The van der Waals surface area contributed by atoms with E-state index in [0.29, 0.717) is 30.1 Å². The van der Waals surface area contributed by atoms with Crippen LogP contribution in [0.5, 0.6) is 0 Å². The fourth-order valence-electron chi connectivity index (χ4n) is 2.72. The molecule has 5 nitrogen and oxygen atoms in total. The molecule has 0 unspecified atom stereocenters. The maximum atomic E-state index is 11.9. The Morgan fingerprint density at radius 3 is 2.32 bits per heavy atom. The number of halogens is 2. The quantitative estimate of drug-likeness (QED) is 0.299. The SMILES string of the molecule is O=C(CCCCCNC(O)(O)c1ccc(Br)cc1)NCCc1ccc(Cl)cc1. The molecule has 4 N–H and O–H groups in total. The Hall–Kier alpha value is -1.44. The number of carbonyl (C=O) groups excluding carboxylic acids is 1. The third-order valence-electron chi connectivity index (χ3n) is 4.35. The molecule has 0 aliphatic heterocycles. The van der Waals surface area contributed by atoms with Crippen molar-refractivity contribution in [2.24, 2.45) is 0 Å². The van der Waals surface area contributed by atoms with E-state index in [1.165, 1.54) is 0 Å². The summed E-state index contributed by atoms with van der Waals surface area (Å²) in [6.45, 7) is 1.05. The number of unbranched alkanes of at least 4 members (excludes halogenated alkanes) is 2. The fraction of sp³-hybridized carbons (Fsp3) is 0.381. The van der Waals surface area contributed by atoms with E-state index in [1.54, 1.807) is 24.3 Å². The Bertz CT molecular complexity index is 736. The van der Waals surface area contributed by atoms with Crippen molar-refractivity contribution in [1.82, 2.24) is 10.6 Å². The van der Waals surface area contributed by atoms with Crippen molar-refractivity contribution in [3.63, 3.8) is 0 Å². The van der Waals surface area contributed by atoms with Gasteiger partial charge in [0.1, 0.15) is 0 Å². The van der Waals surface area contributed by atoms with E-state index in [1.807, 2.05) is 24.3 Å². The highest BCUT2D eigenvalue weighted by atomic mass is 79.9. The van der Waals surface area contributed by atoms with Gasteiger partial charge in [-0.2, -0.15) is 0 Å². The third-order valence-corrected chi connectivity index (χ3v) is 5.13. The molecule has 0 saturated heterocycles. The molecule has 2 rings (SSSR count). The topological polar surface area (TPSA) is 81.6 Å². The first-order chi connectivity index (χ1) is 13.4. The Kier molecular flexibility index (Phi) is 9.41. The fourth-order valence-corrected chi connectivity index (χ4v) is 3.11. The number of rotatable bonds is 11. The molecule has 1 amide bonds. The van der Waals surface area contributed by atoms with Gasteiger partial charge in [-0.25, -0.2) is 0 Å². The lowest BCUT2D eigenvalue weighted by Crippen LogP contribution is -2.42. The van der Waals surface area contributed by atoms with Gasteiger partial charge in [-0.3, -0.25) is 10.1 Å². The molecule has 0 spiro atoms. The van der Waals surface area contributed by atoms with Crippen LogP contribution in [-0.2, 0) is 17.1 Å². The molecule has 0 heterocycles. The molecule has 0 saturated carbocycles. The molecule has 0 aromatic heterocycles. The van der Waals surface area contributed by atoms with Crippen LogP contribution in [0.25, 0.3) is 0 Å². The Labute approximate surface area is 179 Å². The van der Waals surface area contributed by atoms with E-state index in [0.717, 1.165) is 35.7 Å². The van der Waals surface area contributed by atoms with Crippen LogP contribution in [0.15, 0.2) is 53.0 Å². The minimum absolute atomic E-state index is 0.0375. The van der Waals surface area contributed by atoms with Crippen LogP contribution in [0, 0.1) is 0 Å². The summed E-state index contributed by atoms with van der Waals surface area (Å²) < 4.78 is 0.874. The highest BCUT2D eigenvalue weighted by molar-refractivity contribution is 9.10. The summed E-state index contributed by atoms with van der Waals surface area (Å²) in [6, 6.07) is 14.4. The number of amides is 1. The monoisotopic (exact) mass is 468 g/mol. The van der Waals surface area contributed by atoms with Crippen molar-refractivity contribution in [3.8, 4) is 0 Å². The van der Waals surface area contributed by atoms with Gasteiger partial charge in [-0.1, -0.05) is 58.2 Å². The van der Waals surface area contributed by atoms with Crippen LogP contribution in [-0.4, -0.2) is 29.2 Å². The van der Waals surface area contributed by atoms with Crippen molar-refractivity contribution in [2.75, 3.05) is 13.1 Å². The van der Waals surface area contributed by atoms with E-state index in [-0.39, 0.29) is 5.91 Å². The zero-order valence-electron chi connectivity index (χ0n) is 15.6. The maximum absolute atomic E-state index is 11.9. The molecule has 2 aromatic carbocycles. The number of hydrogen-bond donors (Lipinski definition) is 4.